The summed E-state index contributed by atoms with van der Waals surface area (Å²) in [7, 11) is 0. The molecular formula is C14H22O4. The van der Waals surface area contributed by atoms with Crippen molar-refractivity contribution in [1.29, 1.82) is 0 Å². The lowest BCUT2D eigenvalue weighted by Crippen LogP contribution is -2.36. The van der Waals surface area contributed by atoms with E-state index in [1.54, 1.807) is 39.8 Å². The van der Waals surface area contributed by atoms with E-state index < -0.39 is 23.6 Å². The van der Waals surface area contributed by atoms with Gasteiger partial charge in [-0.05, 0) is 33.1 Å². The number of aliphatic hydroxyl groups excluding tert-OH is 1. The van der Waals surface area contributed by atoms with Crippen molar-refractivity contribution in [3.05, 3.63) is 12.2 Å². The van der Waals surface area contributed by atoms with Gasteiger partial charge >= 0.3 is 5.97 Å². The summed E-state index contributed by atoms with van der Waals surface area (Å²) in [4.78, 5) is 24.0. The molecule has 1 aliphatic carbocycles. The number of esters is 1. The first-order valence-electron chi connectivity index (χ1n) is 6.36. The summed E-state index contributed by atoms with van der Waals surface area (Å²) in [5.74, 6) is -1.66. The van der Waals surface area contributed by atoms with Gasteiger partial charge in [0.1, 0.15) is 17.3 Å². The lowest BCUT2D eigenvalue weighted by Gasteiger charge is -2.25. The average Bonchev–Trinajstić information content (AvgIpc) is 2.62. The summed E-state index contributed by atoms with van der Waals surface area (Å²) in [6.07, 6.45) is 3.52. The Hall–Kier alpha value is -1.16. The van der Waals surface area contributed by atoms with Gasteiger partial charge in [0.25, 0.3) is 0 Å². The highest BCUT2D eigenvalue weighted by Gasteiger charge is 2.38. The van der Waals surface area contributed by atoms with Crippen LogP contribution >= 0.6 is 0 Å². The molecule has 0 saturated heterocycles. The van der Waals surface area contributed by atoms with Gasteiger partial charge < -0.3 is 9.84 Å². The highest BCUT2D eigenvalue weighted by atomic mass is 16.6. The normalized spacial score (nSPS) is 24.9. The van der Waals surface area contributed by atoms with Crippen molar-refractivity contribution in [3.63, 3.8) is 0 Å². The summed E-state index contributed by atoms with van der Waals surface area (Å²) in [5.41, 5.74) is -0.607. The Morgan fingerprint density at radius 1 is 1.39 bits per heavy atom. The Kier molecular flexibility index (Phi) is 4.68. The monoisotopic (exact) mass is 254 g/mol. The summed E-state index contributed by atoms with van der Waals surface area (Å²) in [6, 6.07) is 0. The lowest BCUT2D eigenvalue weighted by atomic mass is 9.86. The highest BCUT2D eigenvalue weighted by Crippen LogP contribution is 2.29. The Labute approximate surface area is 108 Å². The number of rotatable bonds is 4. The minimum Gasteiger partial charge on any atom is -0.459 e. The molecule has 0 bridgehead atoms. The van der Waals surface area contributed by atoms with Crippen LogP contribution in [0.1, 0.15) is 40.5 Å². The van der Waals surface area contributed by atoms with Gasteiger partial charge in [0.05, 0.1) is 6.10 Å². The average molecular weight is 254 g/mol. The molecule has 1 rings (SSSR count). The van der Waals surface area contributed by atoms with Crippen LogP contribution in [-0.2, 0) is 14.3 Å². The van der Waals surface area contributed by atoms with Crippen molar-refractivity contribution in [3.8, 4) is 0 Å². The predicted molar refractivity (Wildman–Crippen MR) is 67.9 cm³/mol. The fraction of sp³-hybridized carbons (Fsp3) is 0.714. The summed E-state index contributed by atoms with van der Waals surface area (Å²) >= 11 is 0. The molecule has 0 amide bonds. The van der Waals surface area contributed by atoms with Crippen LogP contribution in [0.4, 0.5) is 0 Å². The molecule has 0 heterocycles. The Balaban J connectivity index is 2.82. The maximum absolute atomic E-state index is 12.1. The van der Waals surface area contributed by atoms with Gasteiger partial charge in [-0.3, -0.25) is 9.59 Å². The largest absolute Gasteiger partial charge is 0.459 e. The number of hydrogen-bond donors (Lipinski definition) is 1. The number of carbonyl (C=O) groups excluding carboxylic acids is 2. The fourth-order valence-electron chi connectivity index (χ4n) is 2.08. The molecule has 0 aromatic heterocycles. The van der Waals surface area contributed by atoms with Crippen molar-refractivity contribution in [2.75, 3.05) is 0 Å². The molecule has 102 valence electrons. The third-order valence-electron chi connectivity index (χ3n) is 2.88. The predicted octanol–water partition coefficient (Wildman–Crippen LogP) is 1.86. The molecule has 0 aliphatic heterocycles. The Morgan fingerprint density at radius 3 is 2.39 bits per heavy atom. The number of carbonyl (C=O) groups is 2. The standard InChI is InChI=1S/C14H22O4/c1-5-11(16)12(9-6-7-10(15)8-9)13(17)18-14(2,3)4/h6-7,9-10,12,15H,5,8H2,1-4H3/t9-,10+,12?/m0/s1. The minimum atomic E-state index is -0.789. The van der Waals surface area contributed by atoms with E-state index in [9.17, 15) is 14.7 Å². The second-order valence-electron chi connectivity index (χ2n) is 5.68. The van der Waals surface area contributed by atoms with Crippen LogP contribution in [0.2, 0.25) is 0 Å². The molecule has 0 aromatic rings. The smallest absolute Gasteiger partial charge is 0.317 e. The van der Waals surface area contributed by atoms with Crippen LogP contribution in [0.5, 0.6) is 0 Å². The van der Waals surface area contributed by atoms with Crippen molar-refractivity contribution in [1.82, 2.24) is 0 Å². The second kappa shape index (κ2) is 5.65. The summed E-state index contributed by atoms with van der Waals surface area (Å²) in [5, 5.41) is 9.47. The lowest BCUT2D eigenvalue weighted by molar-refractivity contribution is -0.163. The van der Waals surface area contributed by atoms with E-state index in [1.165, 1.54) is 0 Å². The molecule has 1 N–H and O–H groups in total. The molecule has 3 atom stereocenters. The molecule has 0 radical (unpaired) electrons. The molecule has 0 aromatic carbocycles. The molecule has 1 unspecified atom stereocenters. The van der Waals surface area contributed by atoms with Crippen LogP contribution in [0.3, 0.4) is 0 Å². The molecule has 4 nitrogen and oxygen atoms in total. The van der Waals surface area contributed by atoms with Gasteiger partial charge in [0.2, 0.25) is 0 Å². The van der Waals surface area contributed by atoms with Gasteiger partial charge in [-0.15, -0.1) is 0 Å². The quantitative estimate of drug-likeness (QED) is 0.472. The molecule has 0 saturated carbocycles. The van der Waals surface area contributed by atoms with Crippen LogP contribution in [-0.4, -0.2) is 28.6 Å². The van der Waals surface area contributed by atoms with E-state index in [0.717, 1.165) is 0 Å². The van der Waals surface area contributed by atoms with Crippen LogP contribution < -0.4 is 0 Å². The minimum absolute atomic E-state index is 0.131. The summed E-state index contributed by atoms with van der Waals surface area (Å²) in [6.45, 7) is 7.06. The molecule has 0 fully saturated rings. The fourth-order valence-corrected chi connectivity index (χ4v) is 2.08. The van der Waals surface area contributed by atoms with Crippen LogP contribution in [0.15, 0.2) is 12.2 Å². The van der Waals surface area contributed by atoms with Gasteiger partial charge in [0, 0.05) is 6.42 Å². The van der Waals surface area contributed by atoms with Crippen molar-refractivity contribution in [2.24, 2.45) is 11.8 Å². The first-order valence-corrected chi connectivity index (χ1v) is 6.36. The van der Waals surface area contributed by atoms with Crippen molar-refractivity contribution >= 4 is 11.8 Å². The third-order valence-corrected chi connectivity index (χ3v) is 2.88. The first kappa shape index (κ1) is 14.9. The molecule has 4 heteroatoms. The van der Waals surface area contributed by atoms with Crippen LogP contribution in [0, 0.1) is 11.8 Å². The topological polar surface area (TPSA) is 63.6 Å². The molecule has 0 spiro atoms. The molecular weight excluding hydrogens is 232 g/mol. The molecule has 18 heavy (non-hydrogen) atoms. The number of aliphatic hydroxyl groups is 1. The zero-order chi connectivity index (χ0) is 13.9. The van der Waals surface area contributed by atoms with E-state index in [1.807, 2.05) is 0 Å². The van der Waals surface area contributed by atoms with Crippen LogP contribution in [0.25, 0.3) is 0 Å². The first-order chi connectivity index (χ1) is 8.24. The van der Waals surface area contributed by atoms with E-state index in [0.29, 0.717) is 12.8 Å². The third kappa shape index (κ3) is 3.95. The van der Waals surface area contributed by atoms with Gasteiger partial charge in [-0.2, -0.15) is 0 Å². The number of hydrogen-bond acceptors (Lipinski definition) is 4. The number of ketones is 1. The van der Waals surface area contributed by atoms with Gasteiger partial charge in [0.15, 0.2) is 0 Å². The van der Waals surface area contributed by atoms with E-state index in [4.69, 9.17) is 4.74 Å². The number of ether oxygens (including phenoxy) is 1. The highest BCUT2D eigenvalue weighted by molar-refractivity contribution is 5.99. The van der Waals surface area contributed by atoms with E-state index >= 15 is 0 Å². The molecule has 1 aliphatic rings. The Morgan fingerprint density at radius 2 is 2.00 bits per heavy atom. The second-order valence-corrected chi connectivity index (χ2v) is 5.68. The van der Waals surface area contributed by atoms with Crippen molar-refractivity contribution in [2.45, 2.75) is 52.2 Å². The number of allylic oxidation sites excluding steroid dienone is 1. The van der Waals surface area contributed by atoms with E-state index in [2.05, 4.69) is 0 Å². The SMILES string of the molecule is CCC(=O)C(C(=O)OC(C)(C)C)[C@H]1C=C[C@@H](O)C1. The number of Topliss-reactive ketones (excluding diaryl/α,β-unsaturated/α-hetero) is 1. The maximum atomic E-state index is 12.1. The summed E-state index contributed by atoms with van der Waals surface area (Å²) < 4.78 is 5.30. The van der Waals surface area contributed by atoms with E-state index in [-0.39, 0.29) is 11.7 Å². The zero-order valence-corrected chi connectivity index (χ0v) is 11.5. The Bertz CT molecular complexity index is 351. The van der Waals surface area contributed by atoms with Gasteiger partial charge in [-0.25, -0.2) is 0 Å². The maximum Gasteiger partial charge on any atom is 0.317 e. The zero-order valence-electron chi connectivity index (χ0n) is 11.5. The van der Waals surface area contributed by atoms with Gasteiger partial charge in [-0.1, -0.05) is 19.1 Å². The van der Waals surface area contributed by atoms with Crippen molar-refractivity contribution < 1.29 is 19.4 Å².